The molecule has 1 amide bonds. The topological polar surface area (TPSA) is 50.2 Å². The molecule has 0 spiro atoms. The molecule has 1 aliphatic rings. The molecule has 3 rings (SSSR count). The average Bonchev–Trinajstić information content (AvgIpc) is 3.07. The van der Waals surface area contributed by atoms with Crippen LogP contribution in [0.4, 0.5) is 0 Å². The number of aromatic nitrogens is 2. The van der Waals surface area contributed by atoms with Crippen LogP contribution in [-0.2, 0) is 6.54 Å². The standard InChI is InChI=1S/C24H34Cl2N4O/c1-4-13-29(14-5-2)28-24(31)22-17(3)30(16-18-9-7-6-8-10-18)23(27-22)19-11-12-20(25)21(26)15-19/h11-12,15,18H,4-10,13-14,16H2,1-3H3,(H,28,31). The number of amides is 1. The minimum Gasteiger partial charge on any atom is -0.327 e. The first kappa shape index (κ1) is 24.1. The maximum absolute atomic E-state index is 13.2. The Morgan fingerprint density at radius 2 is 1.81 bits per heavy atom. The Hall–Kier alpha value is -1.56. The Morgan fingerprint density at radius 1 is 1.13 bits per heavy atom. The number of rotatable bonds is 9. The molecule has 0 radical (unpaired) electrons. The van der Waals surface area contributed by atoms with Crippen LogP contribution in [0.5, 0.6) is 0 Å². The van der Waals surface area contributed by atoms with Gasteiger partial charge in [0.05, 0.1) is 10.0 Å². The molecular weight excluding hydrogens is 431 g/mol. The van der Waals surface area contributed by atoms with E-state index in [1.807, 2.05) is 24.1 Å². The van der Waals surface area contributed by atoms with Crippen LogP contribution in [-0.4, -0.2) is 33.6 Å². The van der Waals surface area contributed by atoms with E-state index in [0.717, 1.165) is 49.6 Å². The summed E-state index contributed by atoms with van der Waals surface area (Å²) in [7, 11) is 0. The van der Waals surface area contributed by atoms with Crippen LogP contribution in [0.2, 0.25) is 10.0 Å². The smallest absolute Gasteiger partial charge is 0.286 e. The highest BCUT2D eigenvalue weighted by Gasteiger charge is 2.24. The summed E-state index contributed by atoms with van der Waals surface area (Å²) in [5, 5.41) is 2.99. The average molecular weight is 465 g/mol. The van der Waals surface area contributed by atoms with Crippen LogP contribution in [0.1, 0.15) is 75.0 Å². The molecule has 1 aliphatic carbocycles. The van der Waals surface area contributed by atoms with Crippen molar-refractivity contribution in [3.63, 3.8) is 0 Å². The van der Waals surface area contributed by atoms with Gasteiger partial charge in [0.1, 0.15) is 5.82 Å². The molecular formula is C24H34Cl2N4O. The highest BCUT2D eigenvalue weighted by Crippen LogP contribution is 2.32. The Labute approximate surface area is 196 Å². The maximum atomic E-state index is 13.2. The number of hydrazine groups is 1. The van der Waals surface area contributed by atoms with Gasteiger partial charge in [-0.15, -0.1) is 0 Å². The molecule has 0 atom stereocenters. The second kappa shape index (κ2) is 11.3. The number of hydrogen-bond acceptors (Lipinski definition) is 3. The fourth-order valence-electron chi connectivity index (χ4n) is 4.42. The van der Waals surface area contributed by atoms with E-state index in [1.165, 1.54) is 32.1 Å². The third-order valence-electron chi connectivity index (χ3n) is 6.03. The predicted molar refractivity (Wildman–Crippen MR) is 129 cm³/mol. The lowest BCUT2D eigenvalue weighted by Crippen LogP contribution is -2.43. The van der Waals surface area contributed by atoms with Crippen molar-refractivity contribution in [2.75, 3.05) is 13.1 Å². The van der Waals surface area contributed by atoms with Gasteiger partial charge >= 0.3 is 0 Å². The summed E-state index contributed by atoms with van der Waals surface area (Å²) < 4.78 is 2.20. The van der Waals surface area contributed by atoms with Gasteiger partial charge in [0.15, 0.2) is 5.69 Å². The van der Waals surface area contributed by atoms with E-state index < -0.39 is 0 Å². The van der Waals surface area contributed by atoms with Gasteiger partial charge in [0, 0.05) is 30.9 Å². The van der Waals surface area contributed by atoms with Gasteiger partial charge in [-0.25, -0.2) is 9.99 Å². The Kier molecular flexibility index (Phi) is 8.82. The molecule has 2 aromatic rings. The van der Waals surface area contributed by atoms with Crippen LogP contribution in [0.25, 0.3) is 11.4 Å². The van der Waals surface area contributed by atoms with Gasteiger partial charge in [0.25, 0.3) is 5.91 Å². The highest BCUT2D eigenvalue weighted by atomic mass is 35.5. The number of halogens is 2. The van der Waals surface area contributed by atoms with Crippen LogP contribution < -0.4 is 5.43 Å². The molecule has 0 saturated heterocycles. The van der Waals surface area contributed by atoms with Crippen LogP contribution >= 0.6 is 23.2 Å². The van der Waals surface area contributed by atoms with E-state index in [0.29, 0.717) is 21.7 Å². The van der Waals surface area contributed by atoms with Crippen LogP contribution in [0.15, 0.2) is 18.2 Å². The maximum Gasteiger partial charge on any atom is 0.286 e. The fraction of sp³-hybridized carbons (Fsp3) is 0.583. The molecule has 1 fully saturated rings. The number of nitrogens with one attached hydrogen (secondary N) is 1. The quantitative estimate of drug-likeness (QED) is 0.430. The summed E-state index contributed by atoms with van der Waals surface area (Å²) in [5.41, 5.74) is 5.33. The van der Waals surface area contributed by atoms with Gasteiger partial charge in [0.2, 0.25) is 0 Å². The zero-order chi connectivity index (χ0) is 22.4. The Bertz CT molecular complexity index is 884. The molecule has 5 nitrogen and oxygen atoms in total. The second-order valence-electron chi connectivity index (χ2n) is 8.54. The molecule has 7 heteroatoms. The van der Waals surface area contributed by atoms with E-state index in [1.54, 1.807) is 6.07 Å². The molecule has 0 unspecified atom stereocenters. The third kappa shape index (κ3) is 6.03. The lowest BCUT2D eigenvalue weighted by atomic mass is 9.89. The molecule has 1 saturated carbocycles. The first-order valence-electron chi connectivity index (χ1n) is 11.5. The van der Waals surface area contributed by atoms with Crippen molar-refractivity contribution < 1.29 is 4.79 Å². The van der Waals surface area contributed by atoms with E-state index in [9.17, 15) is 4.79 Å². The lowest BCUT2D eigenvalue weighted by Gasteiger charge is -2.24. The minimum absolute atomic E-state index is 0.150. The number of imidazole rings is 1. The molecule has 1 aromatic heterocycles. The lowest BCUT2D eigenvalue weighted by molar-refractivity contribution is 0.0782. The predicted octanol–water partition coefficient (Wildman–Crippen LogP) is 6.51. The van der Waals surface area contributed by atoms with Crippen molar-refractivity contribution >= 4 is 29.1 Å². The molecule has 1 heterocycles. The van der Waals surface area contributed by atoms with Crippen molar-refractivity contribution in [1.29, 1.82) is 0 Å². The van der Waals surface area contributed by atoms with Crippen molar-refractivity contribution in [3.8, 4) is 11.4 Å². The van der Waals surface area contributed by atoms with Crippen LogP contribution in [0.3, 0.4) is 0 Å². The monoisotopic (exact) mass is 464 g/mol. The number of carbonyl (C=O) groups excluding carboxylic acids is 1. The SMILES string of the molecule is CCCN(CCC)NC(=O)c1nc(-c2ccc(Cl)c(Cl)c2)n(CC2CCCCC2)c1C. The zero-order valence-electron chi connectivity index (χ0n) is 18.9. The van der Waals surface area contributed by atoms with Gasteiger partial charge < -0.3 is 4.57 Å². The molecule has 1 aromatic carbocycles. The van der Waals surface area contributed by atoms with E-state index in [2.05, 4.69) is 23.8 Å². The van der Waals surface area contributed by atoms with Crippen molar-refractivity contribution in [3.05, 3.63) is 39.6 Å². The first-order valence-corrected chi connectivity index (χ1v) is 12.3. The van der Waals surface area contributed by atoms with Gasteiger partial charge in [-0.2, -0.15) is 0 Å². The van der Waals surface area contributed by atoms with E-state index in [4.69, 9.17) is 28.2 Å². The molecule has 0 aliphatic heterocycles. The number of benzene rings is 1. The van der Waals surface area contributed by atoms with E-state index in [-0.39, 0.29) is 5.91 Å². The van der Waals surface area contributed by atoms with E-state index >= 15 is 0 Å². The summed E-state index contributed by atoms with van der Waals surface area (Å²) >= 11 is 12.4. The molecule has 1 N–H and O–H groups in total. The summed E-state index contributed by atoms with van der Waals surface area (Å²) in [4.78, 5) is 18.0. The number of carbonyl (C=O) groups is 1. The molecule has 170 valence electrons. The summed E-state index contributed by atoms with van der Waals surface area (Å²) in [6.07, 6.45) is 8.26. The van der Waals surface area contributed by atoms with Crippen molar-refractivity contribution in [1.82, 2.24) is 20.0 Å². The summed E-state index contributed by atoms with van der Waals surface area (Å²) in [5.74, 6) is 1.24. The zero-order valence-corrected chi connectivity index (χ0v) is 20.4. The summed E-state index contributed by atoms with van der Waals surface area (Å²) in [6.45, 7) is 8.73. The molecule has 0 bridgehead atoms. The third-order valence-corrected chi connectivity index (χ3v) is 6.77. The normalized spacial score (nSPS) is 14.9. The molecule has 31 heavy (non-hydrogen) atoms. The van der Waals surface area contributed by atoms with Crippen LogP contribution in [0, 0.1) is 12.8 Å². The minimum atomic E-state index is -0.150. The van der Waals surface area contributed by atoms with Gasteiger partial charge in [-0.1, -0.05) is 56.3 Å². The van der Waals surface area contributed by atoms with Crippen molar-refractivity contribution in [2.24, 2.45) is 5.92 Å². The number of hydrogen-bond donors (Lipinski definition) is 1. The number of nitrogens with zero attached hydrogens (tertiary/aromatic N) is 3. The fourth-order valence-corrected chi connectivity index (χ4v) is 4.71. The first-order chi connectivity index (χ1) is 14.9. The summed E-state index contributed by atoms with van der Waals surface area (Å²) in [6, 6.07) is 5.55. The van der Waals surface area contributed by atoms with Crippen molar-refractivity contribution in [2.45, 2.75) is 72.3 Å². The van der Waals surface area contributed by atoms with Gasteiger partial charge in [-0.3, -0.25) is 10.2 Å². The second-order valence-corrected chi connectivity index (χ2v) is 9.36. The van der Waals surface area contributed by atoms with Gasteiger partial charge in [-0.05, 0) is 56.7 Å². The largest absolute Gasteiger partial charge is 0.327 e. The highest BCUT2D eigenvalue weighted by molar-refractivity contribution is 6.42. The Morgan fingerprint density at radius 3 is 2.42 bits per heavy atom. The Balaban J connectivity index is 1.96.